The number of hydrogen-bond donors (Lipinski definition) is 0. The first-order valence-corrected chi connectivity index (χ1v) is 6.65. The van der Waals surface area contributed by atoms with Crippen LogP contribution in [0.25, 0.3) is 0 Å². The van der Waals surface area contributed by atoms with Crippen LogP contribution in [0.4, 0.5) is 0 Å². The van der Waals surface area contributed by atoms with Crippen molar-refractivity contribution in [2.75, 3.05) is 7.11 Å². The van der Waals surface area contributed by atoms with Gasteiger partial charge in [-0.25, -0.2) is 0 Å². The molecule has 0 radical (unpaired) electrons. The number of methoxy groups -OCH3 is 1. The van der Waals surface area contributed by atoms with E-state index in [1.54, 1.807) is 25.3 Å². The van der Waals surface area contributed by atoms with Gasteiger partial charge in [0.15, 0.2) is 17.8 Å². The second-order valence-electron chi connectivity index (χ2n) is 4.24. The van der Waals surface area contributed by atoms with Crippen LogP contribution >= 0.6 is 11.6 Å². The molecule has 0 amide bonds. The molecule has 0 aliphatic rings. The van der Waals surface area contributed by atoms with Crippen LogP contribution in [-0.2, 0) is 6.42 Å². The van der Waals surface area contributed by atoms with Gasteiger partial charge < -0.3 is 9.47 Å². The molecule has 0 N–H and O–H groups in total. The Bertz CT molecular complexity index is 623. The highest BCUT2D eigenvalue weighted by molar-refractivity contribution is 6.30. The zero-order valence-electron chi connectivity index (χ0n) is 11.4. The third-order valence-electron chi connectivity index (χ3n) is 2.96. The normalized spacial score (nSPS) is 10.2. The lowest BCUT2D eigenvalue weighted by Crippen LogP contribution is -1.94. The van der Waals surface area contributed by atoms with E-state index < -0.39 is 0 Å². The van der Waals surface area contributed by atoms with E-state index in [-0.39, 0.29) is 0 Å². The van der Waals surface area contributed by atoms with Gasteiger partial charge in [0, 0.05) is 11.1 Å². The number of aryl methyl sites for hydroxylation is 1. The number of hydrogen-bond acceptors (Lipinski definition) is 3. The second kappa shape index (κ2) is 6.44. The Kier molecular flexibility index (Phi) is 4.64. The maximum Gasteiger partial charge on any atom is 0.169 e. The van der Waals surface area contributed by atoms with Gasteiger partial charge in [0.2, 0.25) is 0 Å². The molecular weight excluding hydrogens is 276 g/mol. The highest BCUT2D eigenvalue weighted by Gasteiger charge is 2.10. The highest BCUT2D eigenvalue weighted by atomic mass is 35.5. The number of halogens is 1. The Balaban J connectivity index is 2.39. The molecule has 0 heterocycles. The van der Waals surface area contributed by atoms with Crippen LogP contribution in [0.1, 0.15) is 22.8 Å². The van der Waals surface area contributed by atoms with Gasteiger partial charge in [-0.15, -0.1) is 0 Å². The van der Waals surface area contributed by atoms with Crippen molar-refractivity contribution in [2.45, 2.75) is 13.3 Å². The standard InChI is InChI=1S/C16H15ClO3/c1-3-11-4-7-14(16(8-11)19-2)20-15-9-13(17)6-5-12(15)10-18/h4-10H,3H2,1-2H3. The maximum absolute atomic E-state index is 11.0. The van der Waals surface area contributed by atoms with Gasteiger partial charge >= 0.3 is 0 Å². The average molecular weight is 291 g/mol. The summed E-state index contributed by atoms with van der Waals surface area (Å²) in [6.07, 6.45) is 1.64. The predicted molar refractivity (Wildman–Crippen MR) is 79.3 cm³/mol. The zero-order chi connectivity index (χ0) is 14.5. The molecule has 0 saturated carbocycles. The van der Waals surface area contributed by atoms with Crippen molar-refractivity contribution in [1.82, 2.24) is 0 Å². The summed E-state index contributed by atoms with van der Waals surface area (Å²) in [6.45, 7) is 2.07. The van der Waals surface area contributed by atoms with E-state index in [0.717, 1.165) is 18.3 Å². The molecular formula is C16H15ClO3. The van der Waals surface area contributed by atoms with Crippen molar-refractivity contribution < 1.29 is 14.3 Å². The predicted octanol–water partition coefficient (Wildman–Crippen LogP) is 4.52. The lowest BCUT2D eigenvalue weighted by molar-refractivity contribution is 0.112. The van der Waals surface area contributed by atoms with Gasteiger partial charge in [-0.1, -0.05) is 24.6 Å². The Labute approximate surface area is 123 Å². The van der Waals surface area contributed by atoms with E-state index in [2.05, 4.69) is 6.92 Å². The fraction of sp³-hybridized carbons (Fsp3) is 0.188. The van der Waals surface area contributed by atoms with E-state index in [4.69, 9.17) is 21.1 Å². The number of rotatable bonds is 5. The number of carbonyl (C=O) groups is 1. The average Bonchev–Trinajstić information content (AvgIpc) is 2.48. The molecule has 2 aromatic rings. The first-order valence-electron chi connectivity index (χ1n) is 6.27. The fourth-order valence-electron chi connectivity index (χ4n) is 1.83. The van der Waals surface area contributed by atoms with Crippen molar-refractivity contribution in [3.05, 3.63) is 52.5 Å². The topological polar surface area (TPSA) is 35.5 Å². The van der Waals surface area contributed by atoms with Crippen LogP contribution in [0.15, 0.2) is 36.4 Å². The highest BCUT2D eigenvalue weighted by Crippen LogP contribution is 2.34. The molecule has 0 aromatic heterocycles. The third kappa shape index (κ3) is 3.11. The molecule has 0 fully saturated rings. The number of aldehydes is 1. The van der Waals surface area contributed by atoms with Crippen molar-refractivity contribution in [2.24, 2.45) is 0 Å². The van der Waals surface area contributed by atoms with E-state index >= 15 is 0 Å². The molecule has 2 rings (SSSR count). The van der Waals surface area contributed by atoms with Crippen LogP contribution in [-0.4, -0.2) is 13.4 Å². The maximum atomic E-state index is 11.0. The second-order valence-corrected chi connectivity index (χ2v) is 4.68. The summed E-state index contributed by atoms with van der Waals surface area (Å²) in [7, 11) is 1.58. The number of ether oxygens (including phenoxy) is 2. The van der Waals surface area contributed by atoms with Crippen LogP contribution in [0.3, 0.4) is 0 Å². The molecule has 0 spiro atoms. The Morgan fingerprint density at radius 1 is 1.10 bits per heavy atom. The quantitative estimate of drug-likeness (QED) is 0.760. The minimum absolute atomic E-state index is 0.412. The summed E-state index contributed by atoms with van der Waals surface area (Å²) < 4.78 is 11.1. The summed E-state index contributed by atoms with van der Waals surface area (Å²) in [4.78, 5) is 11.0. The smallest absolute Gasteiger partial charge is 0.169 e. The summed E-state index contributed by atoms with van der Waals surface area (Å²) in [5.41, 5.74) is 1.59. The lowest BCUT2D eigenvalue weighted by atomic mass is 10.1. The van der Waals surface area contributed by atoms with E-state index in [0.29, 0.717) is 27.8 Å². The largest absolute Gasteiger partial charge is 0.493 e. The van der Waals surface area contributed by atoms with Crippen LogP contribution in [0.5, 0.6) is 17.2 Å². The molecule has 0 atom stereocenters. The summed E-state index contributed by atoms with van der Waals surface area (Å²) in [6, 6.07) is 10.6. The zero-order valence-corrected chi connectivity index (χ0v) is 12.1. The Morgan fingerprint density at radius 3 is 2.55 bits per heavy atom. The van der Waals surface area contributed by atoms with E-state index in [9.17, 15) is 4.79 Å². The molecule has 0 aliphatic carbocycles. The minimum atomic E-state index is 0.412. The molecule has 2 aromatic carbocycles. The summed E-state index contributed by atoms with van der Waals surface area (Å²) in [5.74, 6) is 1.59. The van der Waals surface area contributed by atoms with Gasteiger partial charge in [0.1, 0.15) is 5.75 Å². The molecule has 0 aliphatic heterocycles. The number of carbonyl (C=O) groups excluding carboxylic acids is 1. The Hall–Kier alpha value is -2.00. The molecule has 0 bridgehead atoms. The SMILES string of the molecule is CCc1ccc(Oc2cc(Cl)ccc2C=O)c(OC)c1. The van der Waals surface area contributed by atoms with Crippen LogP contribution < -0.4 is 9.47 Å². The first-order chi connectivity index (χ1) is 9.67. The molecule has 3 nitrogen and oxygen atoms in total. The molecule has 20 heavy (non-hydrogen) atoms. The lowest BCUT2D eigenvalue weighted by Gasteiger charge is -2.13. The van der Waals surface area contributed by atoms with Gasteiger partial charge in [0.05, 0.1) is 12.7 Å². The van der Waals surface area contributed by atoms with Crippen molar-refractivity contribution >= 4 is 17.9 Å². The van der Waals surface area contributed by atoms with Crippen molar-refractivity contribution in [3.8, 4) is 17.2 Å². The van der Waals surface area contributed by atoms with Crippen LogP contribution in [0.2, 0.25) is 5.02 Å². The van der Waals surface area contributed by atoms with Crippen molar-refractivity contribution in [3.63, 3.8) is 0 Å². The first kappa shape index (κ1) is 14.4. The number of benzene rings is 2. The van der Waals surface area contributed by atoms with E-state index in [1.807, 2.05) is 18.2 Å². The van der Waals surface area contributed by atoms with Gasteiger partial charge in [-0.2, -0.15) is 0 Å². The third-order valence-corrected chi connectivity index (χ3v) is 3.19. The van der Waals surface area contributed by atoms with Crippen molar-refractivity contribution in [1.29, 1.82) is 0 Å². The fourth-order valence-corrected chi connectivity index (χ4v) is 1.99. The van der Waals surface area contributed by atoms with Gasteiger partial charge in [-0.05, 0) is 36.2 Å². The van der Waals surface area contributed by atoms with Crippen LogP contribution in [0, 0.1) is 0 Å². The molecule has 0 saturated heterocycles. The monoisotopic (exact) mass is 290 g/mol. The van der Waals surface area contributed by atoms with Gasteiger partial charge in [-0.3, -0.25) is 4.79 Å². The summed E-state index contributed by atoms with van der Waals surface area (Å²) >= 11 is 5.93. The Morgan fingerprint density at radius 2 is 1.90 bits per heavy atom. The molecule has 104 valence electrons. The van der Waals surface area contributed by atoms with E-state index in [1.165, 1.54) is 0 Å². The van der Waals surface area contributed by atoms with Gasteiger partial charge in [0.25, 0.3) is 0 Å². The summed E-state index contributed by atoms with van der Waals surface area (Å²) in [5, 5.41) is 0.509. The molecule has 4 heteroatoms. The minimum Gasteiger partial charge on any atom is -0.493 e. The molecule has 0 unspecified atom stereocenters.